The van der Waals surface area contributed by atoms with Crippen LogP contribution in [0.15, 0.2) is 59.6 Å². The zero-order valence-corrected chi connectivity index (χ0v) is 12.6. The van der Waals surface area contributed by atoms with E-state index in [0.29, 0.717) is 5.02 Å². The minimum Gasteiger partial charge on any atom is -0.357 e. The van der Waals surface area contributed by atoms with E-state index in [1.807, 2.05) is 42.5 Å². The van der Waals surface area contributed by atoms with Gasteiger partial charge in [0.1, 0.15) is 5.84 Å². The van der Waals surface area contributed by atoms with E-state index in [4.69, 9.17) is 16.6 Å². The lowest BCUT2D eigenvalue weighted by molar-refractivity contribution is 0.466. The quantitative estimate of drug-likeness (QED) is 0.584. The summed E-state index contributed by atoms with van der Waals surface area (Å²) in [6, 6.07) is 17.9. The van der Waals surface area contributed by atoms with Gasteiger partial charge in [-0.2, -0.15) is 0 Å². The van der Waals surface area contributed by atoms with Crippen molar-refractivity contribution in [2.45, 2.75) is 13.8 Å². The number of hydrogen-bond donors (Lipinski definition) is 0. The Bertz CT molecular complexity index is 575. The second-order valence-corrected chi connectivity index (χ2v) is 4.83. The molecule has 104 valence electrons. The third-order valence-electron chi connectivity index (χ3n) is 3.17. The van der Waals surface area contributed by atoms with Crippen molar-refractivity contribution in [3.05, 3.63) is 65.2 Å². The number of rotatable bonds is 4. The molecule has 0 fully saturated rings. The summed E-state index contributed by atoms with van der Waals surface area (Å²) in [5.41, 5.74) is 1.91. The first kappa shape index (κ1) is 14.6. The summed E-state index contributed by atoms with van der Waals surface area (Å²) in [5, 5.41) is 0.674. The molecule has 2 aromatic carbocycles. The molecule has 0 heterocycles. The molecule has 0 saturated heterocycles. The monoisotopic (exact) mass is 286 g/mol. The van der Waals surface area contributed by atoms with Gasteiger partial charge in [0, 0.05) is 18.7 Å². The summed E-state index contributed by atoms with van der Waals surface area (Å²) in [4.78, 5) is 7.02. The maximum Gasteiger partial charge on any atom is 0.136 e. The fraction of sp³-hybridized carbons (Fsp3) is 0.235. The Balaban J connectivity index is 2.49. The second kappa shape index (κ2) is 7.11. The molecule has 0 aliphatic heterocycles. The maximum absolute atomic E-state index is 6.22. The number of nitrogens with zero attached hydrogens (tertiary/aromatic N) is 2. The number of hydrogen-bond acceptors (Lipinski definition) is 1. The predicted octanol–water partition coefficient (Wildman–Crippen LogP) is 4.76. The molecular weight excluding hydrogens is 268 g/mol. The van der Waals surface area contributed by atoms with Crippen LogP contribution in [-0.2, 0) is 0 Å². The number of para-hydroxylation sites is 1. The molecule has 0 radical (unpaired) electrons. The van der Waals surface area contributed by atoms with Crippen LogP contribution in [-0.4, -0.2) is 23.8 Å². The molecule has 0 N–H and O–H groups in total. The molecule has 0 amide bonds. The number of amidine groups is 1. The highest BCUT2D eigenvalue weighted by molar-refractivity contribution is 6.33. The van der Waals surface area contributed by atoms with Gasteiger partial charge in [0.25, 0.3) is 0 Å². The maximum atomic E-state index is 6.22. The van der Waals surface area contributed by atoms with E-state index in [9.17, 15) is 0 Å². The molecule has 20 heavy (non-hydrogen) atoms. The van der Waals surface area contributed by atoms with Crippen molar-refractivity contribution in [3.8, 4) is 0 Å². The molecule has 2 nitrogen and oxygen atoms in total. The zero-order chi connectivity index (χ0) is 14.4. The highest BCUT2D eigenvalue weighted by Crippen LogP contribution is 2.25. The van der Waals surface area contributed by atoms with Gasteiger partial charge in [-0.15, -0.1) is 0 Å². The van der Waals surface area contributed by atoms with Crippen LogP contribution in [0.5, 0.6) is 0 Å². The van der Waals surface area contributed by atoms with Gasteiger partial charge < -0.3 is 4.90 Å². The van der Waals surface area contributed by atoms with E-state index in [2.05, 4.69) is 30.9 Å². The fourth-order valence-corrected chi connectivity index (χ4v) is 2.26. The largest absolute Gasteiger partial charge is 0.357 e. The highest BCUT2D eigenvalue weighted by Gasteiger charge is 2.11. The van der Waals surface area contributed by atoms with Crippen LogP contribution in [0.1, 0.15) is 19.4 Å². The Hall–Kier alpha value is -1.80. The van der Waals surface area contributed by atoms with Gasteiger partial charge in [0.2, 0.25) is 0 Å². The van der Waals surface area contributed by atoms with Gasteiger partial charge in [-0.3, -0.25) is 0 Å². The van der Waals surface area contributed by atoms with Gasteiger partial charge in [0.05, 0.1) is 10.7 Å². The number of halogens is 1. The van der Waals surface area contributed by atoms with E-state index < -0.39 is 0 Å². The van der Waals surface area contributed by atoms with E-state index in [1.165, 1.54) is 0 Å². The Labute approximate surface area is 125 Å². The van der Waals surface area contributed by atoms with E-state index in [0.717, 1.165) is 30.2 Å². The first-order valence-corrected chi connectivity index (χ1v) is 7.27. The minimum absolute atomic E-state index is 0.674. The van der Waals surface area contributed by atoms with Crippen molar-refractivity contribution < 1.29 is 0 Å². The molecule has 2 rings (SSSR count). The van der Waals surface area contributed by atoms with Crippen LogP contribution in [0.4, 0.5) is 5.69 Å². The summed E-state index contributed by atoms with van der Waals surface area (Å²) in [5.74, 6) is 0.962. The lowest BCUT2D eigenvalue weighted by atomic mass is 10.2. The Kier molecular flexibility index (Phi) is 5.19. The molecule has 0 bridgehead atoms. The molecule has 0 aliphatic rings. The number of aliphatic imine (C=N–C) groups is 1. The van der Waals surface area contributed by atoms with E-state index in [-0.39, 0.29) is 0 Å². The van der Waals surface area contributed by atoms with Crippen LogP contribution in [0.2, 0.25) is 5.02 Å². The normalized spacial score (nSPS) is 11.4. The topological polar surface area (TPSA) is 15.6 Å². The van der Waals surface area contributed by atoms with Gasteiger partial charge in [0.15, 0.2) is 0 Å². The number of benzene rings is 2. The molecule has 0 saturated carbocycles. The van der Waals surface area contributed by atoms with Gasteiger partial charge in [-0.1, -0.05) is 54.1 Å². The minimum atomic E-state index is 0.674. The average Bonchev–Trinajstić information content (AvgIpc) is 2.50. The molecule has 0 aliphatic carbocycles. The lowest BCUT2D eigenvalue weighted by Crippen LogP contribution is -2.31. The van der Waals surface area contributed by atoms with Crippen molar-refractivity contribution in [3.63, 3.8) is 0 Å². The molecule has 3 heteroatoms. The molecule has 0 atom stereocenters. The standard InChI is InChI=1S/C17H19ClN2/c1-3-20(4-2)17(14-10-6-5-7-11-14)19-16-13-9-8-12-15(16)18/h5-13H,3-4H2,1-2H3. The summed E-state index contributed by atoms with van der Waals surface area (Å²) < 4.78 is 0. The Morgan fingerprint density at radius 2 is 1.55 bits per heavy atom. The Morgan fingerprint density at radius 1 is 0.950 bits per heavy atom. The first-order valence-electron chi connectivity index (χ1n) is 6.89. The van der Waals surface area contributed by atoms with Crippen molar-refractivity contribution in [1.82, 2.24) is 4.90 Å². The second-order valence-electron chi connectivity index (χ2n) is 4.43. The first-order chi connectivity index (χ1) is 9.76. The van der Waals surface area contributed by atoms with Crippen molar-refractivity contribution in [2.24, 2.45) is 4.99 Å². The fourth-order valence-electron chi connectivity index (χ4n) is 2.08. The highest BCUT2D eigenvalue weighted by atomic mass is 35.5. The van der Waals surface area contributed by atoms with E-state index in [1.54, 1.807) is 0 Å². The molecule has 2 aromatic rings. The third kappa shape index (κ3) is 3.40. The van der Waals surface area contributed by atoms with Gasteiger partial charge >= 0.3 is 0 Å². The van der Waals surface area contributed by atoms with Crippen LogP contribution in [0, 0.1) is 0 Å². The molecule has 0 unspecified atom stereocenters. The summed E-state index contributed by atoms with van der Waals surface area (Å²) in [7, 11) is 0. The zero-order valence-electron chi connectivity index (χ0n) is 11.9. The van der Waals surface area contributed by atoms with Gasteiger partial charge in [-0.25, -0.2) is 4.99 Å². The predicted molar refractivity (Wildman–Crippen MR) is 87.0 cm³/mol. The third-order valence-corrected chi connectivity index (χ3v) is 3.49. The van der Waals surface area contributed by atoms with Crippen molar-refractivity contribution in [1.29, 1.82) is 0 Å². The van der Waals surface area contributed by atoms with Crippen LogP contribution in [0.25, 0.3) is 0 Å². The Morgan fingerprint density at radius 3 is 2.15 bits per heavy atom. The SMILES string of the molecule is CCN(CC)C(=Nc1ccccc1Cl)c1ccccc1. The lowest BCUT2D eigenvalue weighted by Gasteiger charge is -2.23. The molecule has 0 aromatic heterocycles. The summed E-state index contributed by atoms with van der Waals surface area (Å²) in [6.45, 7) is 6.09. The molecular formula is C17H19ClN2. The van der Waals surface area contributed by atoms with Crippen LogP contribution < -0.4 is 0 Å². The van der Waals surface area contributed by atoms with Crippen molar-refractivity contribution >= 4 is 23.1 Å². The molecule has 0 spiro atoms. The summed E-state index contributed by atoms with van der Waals surface area (Å²) >= 11 is 6.22. The van der Waals surface area contributed by atoms with Crippen molar-refractivity contribution in [2.75, 3.05) is 13.1 Å². The van der Waals surface area contributed by atoms with Crippen LogP contribution in [0.3, 0.4) is 0 Å². The average molecular weight is 287 g/mol. The van der Waals surface area contributed by atoms with E-state index >= 15 is 0 Å². The summed E-state index contributed by atoms with van der Waals surface area (Å²) in [6.07, 6.45) is 0. The van der Waals surface area contributed by atoms with Crippen LogP contribution >= 0.6 is 11.6 Å². The van der Waals surface area contributed by atoms with Gasteiger partial charge in [-0.05, 0) is 26.0 Å². The smallest absolute Gasteiger partial charge is 0.136 e.